The van der Waals surface area contributed by atoms with Crippen LogP contribution >= 0.6 is 11.8 Å². The smallest absolute Gasteiger partial charge is 0.203 e. The molecule has 3 rings (SSSR count). The number of nitrogens with zero attached hydrogens (tertiary/aromatic N) is 1. The fraction of sp³-hybridized carbons (Fsp3) is 0.211. The number of benzene rings is 2. The predicted octanol–water partition coefficient (Wildman–Crippen LogP) is 3.77. The molecule has 0 aromatic heterocycles. The Labute approximate surface area is 156 Å². The van der Waals surface area contributed by atoms with Crippen molar-refractivity contribution in [1.82, 2.24) is 5.32 Å². The van der Waals surface area contributed by atoms with Crippen molar-refractivity contribution in [3.63, 3.8) is 0 Å². The van der Waals surface area contributed by atoms with Crippen LogP contribution in [0.2, 0.25) is 0 Å². The quantitative estimate of drug-likeness (QED) is 0.457. The third-order valence-electron chi connectivity index (χ3n) is 4.00. The molecular formula is C19H20N2O4S. The molecule has 2 aromatic carbocycles. The Bertz CT molecular complexity index is 812. The number of methoxy groups -OCH3 is 3. The van der Waals surface area contributed by atoms with Gasteiger partial charge in [0.05, 0.1) is 27.0 Å². The molecule has 7 heteroatoms. The van der Waals surface area contributed by atoms with Crippen molar-refractivity contribution in [2.24, 2.45) is 5.16 Å². The second-order valence-corrected chi connectivity index (χ2v) is 6.44. The van der Waals surface area contributed by atoms with E-state index in [-0.39, 0.29) is 5.37 Å². The summed E-state index contributed by atoms with van der Waals surface area (Å²) in [7, 11) is 4.64. The predicted molar refractivity (Wildman–Crippen MR) is 102 cm³/mol. The van der Waals surface area contributed by atoms with Crippen molar-refractivity contribution in [2.75, 3.05) is 21.3 Å². The molecule has 0 aliphatic carbocycles. The maximum Gasteiger partial charge on any atom is 0.203 e. The molecule has 0 saturated carbocycles. The van der Waals surface area contributed by atoms with E-state index in [4.69, 9.17) is 14.2 Å². The largest absolute Gasteiger partial charge is 0.493 e. The summed E-state index contributed by atoms with van der Waals surface area (Å²) in [5.74, 6) is 1.48. The van der Waals surface area contributed by atoms with Crippen LogP contribution in [0, 0.1) is 0 Å². The highest BCUT2D eigenvalue weighted by Crippen LogP contribution is 2.40. The minimum atomic E-state index is 0.0602. The van der Waals surface area contributed by atoms with Gasteiger partial charge in [0.1, 0.15) is 11.1 Å². The molecular weight excluding hydrogens is 352 g/mol. The lowest BCUT2D eigenvalue weighted by Crippen LogP contribution is -2.20. The van der Waals surface area contributed by atoms with Gasteiger partial charge in [0.15, 0.2) is 11.5 Å². The van der Waals surface area contributed by atoms with E-state index in [9.17, 15) is 5.21 Å². The standard InChI is InChI=1S/C19H20N2O4S/c1-23-15-9-13(10-16(24-2)18(15)25-3)17(21-22)14-11-26-19(20-14)12-7-5-4-6-8-12/h4-11,19-20,22H,1-3H3/b21-17+. The molecule has 6 nitrogen and oxygen atoms in total. The van der Waals surface area contributed by atoms with E-state index < -0.39 is 0 Å². The fourth-order valence-electron chi connectivity index (χ4n) is 2.74. The van der Waals surface area contributed by atoms with E-state index in [2.05, 4.69) is 22.6 Å². The summed E-state index contributed by atoms with van der Waals surface area (Å²) < 4.78 is 16.1. The molecule has 1 heterocycles. The van der Waals surface area contributed by atoms with Crippen LogP contribution in [0.3, 0.4) is 0 Å². The number of hydrogen-bond donors (Lipinski definition) is 2. The summed E-state index contributed by atoms with van der Waals surface area (Å²) in [6.45, 7) is 0. The molecule has 0 saturated heterocycles. The van der Waals surface area contributed by atoms with E-state index in [0.29, 0.717) is 28.5 Å². The molecule has 1 aliphatic rings. The van der Waals surface area contributed by atoms with Crippen LogP contribution in [0.1, 0.15) is 16.5 Å². The molecule has 2 N–H and O–H groups in total. The topological polar surface area (TPSA) is 72.3 Å². The summed E-state index contributed by atoms with van der Waals surface area (Å²) >= 11 is 1.62. The van der Waals surface area contributed by atoms with Crippen molar-refractivity contribution < 1.29 is 19.4 Å². The lowest BCUT2D eigenvalue weighted by molar-refractivity contribution is 0.318. The van der Waals surface area contributed by atoms with Crippen molar-refractivity contribution in [1.29, 1.82) is 0 Å². The minimum absolute atomic E-state index is 0.0602. The Kier molecular flexibility index (Phi) is 5.58. The van der Waals surface area contributed by atoms with E-state index in [0.717, 1.165) is 11.3 Å². The third kappa shape index (κ3) is 3.43. The first-order valence-electron chi connectivity index (χ1n) is 7.91. The first-order chi connectivity index (χ1) is 12.7. The Morgan fingerprint density at radius 3 is 2.23 bits per heavy atom. The average Bonchev–Trinajstić information content (AvgIpc) is 3.18. The van der Waals surface area contributed by atoms with Crippen LogP contribution in [0.5, 0.6) is 17.2 Å². The second kappa shape index (κ2) is 8.05. The Hall–Kier alpha value is -2.80. The molecule has 0 fully saturated rings. The molecule has 0 bridgehead atoms. The maximum atomic E-state index is 9.64. The lowest BCUT2D eigenvalue weighted by atomic mass is 10.1. The normalized spacial score (nSPS) is 16.7. The molecule has 26 heavy (non-hydrogen) atoms. The highest BCUT2D eigenvalue weighted by Gasteiger charge is 2.25. The van der Waals surface area contributed by atoms with Gasteiger partial charge in [0, 0.05) is 5.56 Å². The van der Waals surface area contributed by atoms with Gasteiger partial charge >= 0.3 is 0 Å². The first-order valence-corrected chi connectivity index (χ1v) is 8.86. The van der Waals surface area contributed by atoms with Gasteiger partial charge in [-0.1, -0.05) is 35.5 Å². The molecule has 0 radical (unpaired) electrons. The Morgan fingerprint density at radius 1 is 1.04 bits per heavy atom. The van der Waals surface area contributed by atoms with E-state index >= 15 is 0 Å². The van der Waals surface area contributed by atoms with Crippen LogP contribution in [0.15, 0.2) is 58.7 Å². The van der Waals surface area contributed by atoms with Gasteiger partial charge < -0.3 is 24.7 Å². The molecule has 2 aromatic rings. The van der Waals surface area contributed by atoms with E-state index in [1.807, 2.05) is 23.6 Å². The molecule has 1 unspecified atom stereocenters. The zero-order valence-electron chi connectivity index (χ0n) is 14.7. The third-order valence-corrected chi connectivity index (χ3v) is 5.04. The monoisotopic (exact) mass is 372 g/mol. The SMILES string of the molecule is COc1cc(/C(=N\O)C2=CSC(c3ccccc3)N2)cc(OC)c1OC. The molecule has 136 valence electrons. The van der Waals surface area contributed by atoms with Gasteiger partial charge in [-0.2, -0.15) is 0 Å². The number of hydrogen-bond acceptors (Lipinski definition) is 7. The molecule has 0 spiro atoms. The number of oxime groups is 1. The van der Waals surface area contributed by atoms with E-state index in [1.54, 1.807) is 45.2 Å². The Balaban J connectivity index is 1.91. The van der Waals surface area contributed by atoms with Crippen molar-refractivity contribution >= 4 is 17.5 Å². The maximum absolute atomic E-state index is 9.64. The van der Waals surface area contributed by atoms with Gasteiger partial charge in [0.2, 0.25) is 5.75 Å². The zero-order chi connectivity index (χ0) is 18.5. The first kappa shape index (κ1) is 18.0. The zero-order valence-corrected chi connectivity index (χ0v) is 15.5. The fourth-order valence-corrected chi connectivity index (χ4v) is 3.71. The summed E-state index contributed by atoms with van der Waals surface area (Å²) in [4.78, 5) is 0. The van der Waals surface area contributed by atoms with Gasteiger partial charge in [-0.15, -0.1) is 11.8 Å². The number of allylic oxidation sites excluding steroid dienone is 1. The van der Waals surface area contributed by atoms with Gasteiger partial charge in [0.25, 0.3) is 0 Å². The van der Waals surface area contributed by atoms with Crippen LogP contribution in [0.4, 0.5) is 0 Å². The van der Waals surface area contributed by atoms with Gasteiger partial charge in [-0.3, -0.25) is 0 Å². The van der Waals surface area contributed by atoms with Crippen LogP contribution in [0.25, 0.3) is 0 Å². The van der Waals surface area contributed by atoms with Gasteiger partial charge in [-0.05, 0) is 23.1 Å². The van der Waals surface area contributed by atoms with Crippen molar-refractivity contribution in [3.05, 3.63) is 64.7 Å². The number of nitrogens with one attached hydrogen (secondary N) is 1. The van der Waals surface area contributed by atoms with Crippen molar-refractivity contribution in [3.8, 4) is 17.2 Å². The van der Waals surface area contributed by atoms with E-state index in [1.165, 1.54) is 0 Å². The number of ether oxygens (including phenoxy) is 3. The van der Waals surface area contributed by atoms with Crippen LogP contribution in [-0.4, -0.2) is 32.2 Å². The van der Waals surface area contributed by atoms with Crippen LogP contribution in [-0.2, 0) is 0 Å². The number of rotatable bonds is 6. The van der Waals surface area contributed by atoms with Gasteiger partial charge in [-0.25, -0.2) is 0 Å². The van der Waals surface area contributed by atoms with Crippen LogP contribution < -0.4 is 19.5 Å². The molecule has 1 aliphatic heterocycles. The molecule has 0 amide bonds. The molecule has 1 atom stereocenters. The van der Waals surface area contributed by atoms with Crippen molar-refractivity contribution in [2.45, 2.75) is 5.37 Å². The second-order valence-electron chi connectivity index (χ2n) is 5.47. The minimum Gasteiger partial charge on any atom is -0.493 e. The average molecular weight is 372 g/mol. The summed E-state index contributed by atoms with van der Waals surface area (Å²) in [6.07, 6.45) is 0. The Morgan fingerprint density at radius 2 is 1.69 bits per heavy atom. The number of thioether (sulfide) groups is 1. The summed E-state index contributed by atoms with van der Waals surface area (Å²) in [6, 6.07) is 13.6. The highest BCUT2D eigenvalue weighted by molar-refractivity contribution is 8.02. The summed E-state index contributed by atoms with van der Waals surface area (Å²) in [5.41, 5.74) is 2.91. The summed E-state index contributed by atoms with van der Waals surface area (Å²) in [5, 5.41) is 18.5. The highest BCUT2D eigenvalue weighted by atomic mass is 32.2. The lowest BCUT2D eigenvalue weighted by Gasteiger charge is -2.16.